The Bertz CT molecular complexity index is 684. The molecule has 2 aromatic rings. The quantitative estimate of drug-likeness (QED) is 0.769. The maximum atomic E-state index is 12.8. The van der Waals surface area contributed by atoms with Crippen molar-refractivity contribution in [3.05, 3.63) is 58.8 Å². The molecule has 0 unspecified atom stereocenters. The highest BCUT2D eigenvalue weighted by Gasteiger charge is 2.14. The fourth-order valence-corrected chi connectivity index (χ4v) is 3.05. The van der Waals surface area contributed by atoms with Crippen LogP contribution in [0.3, 0.4) is 0 Å². The Morgan fingerprint density at radius 2 is 1.80 bits per heavy atom. The molecule has 0 aliphatic rings. The van der Waals surface area contributed by atoms with Crippen molar-refractivity contribution in [2.75, 3.05) is 12.4 Å². The lowest BCUT2D eigenvalue weighted by Crippen LogP contribution is -2.14. The highest BCUT2D eigenvalue weighted by atomic mass is 79.9. The van der Waals surface area contributed by atoms with Crippen molar-refractivity contribution in [2.45, 2.75) is 4.90 Å². The molecular formula is C14H12BrFO3S. The SMILES string of the molecule is O=S(=O)(CCOc1cccc(Br)c1)c1ccc(F)cc1. The Morgan fingerprint density at radius 3 is 2.45 bits per heavy atom. The summed E-state index contributed by atoms with van der Waals surface area (Å²) in [6, 6.07) is 11.9. The summed E-state index contributed by atoms with van der Waals surface area (Å²) in [5, 5.41) is 0. The number of rotatable bonds is 5. The zero-order chi connectivity index (χ0) is 14.6. The topological polar surface area (TPSA) is 43.4 Å². The van der Waals surface area contributed by atoms with E-state index in [0.717, 1.165) is 16.6 Å². The minimum Gasteiger partial charge on any atom is -0.492 e. The van der Waals surface area contributed by atoms with Crippen molar-refractivity contribution in [3.63, 3.8) is 0 Å². The van der Waals surface area contributed by atoms with Gasteiger partial charge in [-0.3, -0.25) is 0 Å². The molecule has 0 atom stereocenters. The van der Waals surface area contributed by atoms with E-state index in [4.69, 9.17) is 4.74 Å². The molecule has 0 saturated carbocycles. The third-order valence-corrected chi connectivity index (χ3v) is 4.78. The van der Waals surface area contributed by atoms with Crippen LogP contribution in [0.2, 0.25) is 0 Å². The number of ether oxygens (including phenoxy) is 1. The third kappa shape index (κ3) is 4.05. The van der Waals surface area contributed by atoms with Crippen molar-refractivity contribution in [1.82, 2.24) is 0 Å². The summed E-state index contributed by atoms with van der Waals surface area (Å²) in [6.07, 6.45) is 0. The second-order valence-electron chi connectivity index (χ2n) is 4.08. The van der Waals surface area contributed by atoms with Crippen LogP contribution in [-0.2, 0) is 9.84 Å². The predicted molar refractivity (Wildman–Crippen MR) is 78.1 cm³/mol. The second-order valence-corrected chi connectivity index (χ2v) is 7.10. The number of benzene rings is 2. The molecule has 0 radical (unpaired) electrons. The van der Waals surface area contributed by atoms with Crippen LogP contribution in [0, 0.1) is 5.82 Å². The molecule has 20 heavy (non-hydrogen) atoms. The summed E-state index contributed by atoms with van der Waals surface area (Å²) < 4.78 is 43.0. The molecule has 0 aromatic heterocycles. The van der Waals surface area contributed by atoms with Gasteiger partial charge in [0, 0.05) is 4.47 Å². The van der Waals surface area contributed by atoms with Gasteiger partial charge in [-0.15, -0.1) is 0 Å². The molecule has 0 bridgehead atoms. The zero-order valence-corrected chi connectivity index (χ0v) is 12.8. The van der Waals surface area contributed by atoms with Gasteiger partial charge in [-0.2, -0.15) is 0 Å². The molecule has 6 heteroatoms. The lowest BCUT2D eigenvalue weighted by Gasteiger charge is -2.07. The number of sulfone groups is 1. The molecule has 0 spiro atoms. The van der Waals surface area contributed by atoms with Gasteiger partial charge in [-0.05, 0) is 42.5 Å². The predicted octanol–water partition coefficient (Wildman–Crippen LogP) is 3.44. The van der Waals surface area contributed by atoms with Crippen molar-refractivity contribution in [2.24, 2.45) is 0 Å². The number of hydrogen-bond donors (Lipinski definition) is 0. The van der Waals surface area contributed by atoms with E-state index in [9.17, 15) is 12.8 Å². The average molecular weight is 359 g/mol. The van der Waals surface area contributed by atoms with E-state index in [1.165, 1.54) is 12.1 Å². The minimum atomic E-state index is -3.46. The lowest BCUT2D eigenvalue weighted by molar-refractivity contribution is 0.340. The molecule has 0 heterocycles. The van der Waals surface area contributed by atoms with Crippen LogP contribution in [0.15, 0.2) is 57.9 Å². The lowest BCUT2D eigenvalue weighted by atomic mass is 10.3. The molecule has 2 aromatic carbocycles. The van der Waals surface area contributed by atoms with Gasteiger partial charge in [0.2, 0.25) is 0 Å². The van der Waals surface area contributed by atoms with E-state index in [1.54, 1.807) is 18.2 Å². The van der Waals surface area contributed by atoms with Gasteiger partial charge in [0.05, 0.1) is 10.6 Å². The van der Waals surface area contributed by atoms with Crippen molar-refractivity contribution < 1.29 is 17.5 Å². The van der Waals surface area contributed by atoms with Gasteiger partial charge in [-0.1, -0.05) is 22.0 Å². The summed E-state index contributed by atoms with van der Waals surface area (Å²) in [7, 11) is -3.46. The second kappa shape index (κ2) is 6.37. The summed E-state index contributed by atoms with van der Waals surface area (Å²) in [5.41, 5.74) is 0. The molecule has 0 saturated heterocycles. The van der Waals surface area contributed by atoms with Crippen LogP contribution < -0.4 is 4.74 Å². The minimum absolute atomic E-state index is 0.0379. The smallest absolute Gasteiger partial charge is 0.181 e. The average Bonchev–Trinajstić information content (AvgIpc) is 2.39. The molecule has 106 valence electrons. The van der Waals surface area contributed by atoms with Crippen LogP contribution >= 0.6 is 15.9 Å². The van der Waals surface area contributed by atoms with Crippen molar-refractivity contribution >= 4 is 25.8 Å². The Labute approximate surface area is 125 Å². The molecule has 0 aliphatic heterocycles. The largest absolute Gasteiger partial charge is 0.492 e. The highest BCUT2D eigenvalue weighted by molar-refractivity contribution is 9.10. The van der Waals surface area contributed by atoms with E-state index in [1.807, 2.05) is 6.07 Å². The van der Waals surface area contributed by atoms with E-state index in [2.05, 4.69) is 15.9 Å². The Balaban J connectivity index is 1.98. The summed E-state index contributed by atoms with van der Waals surface area (Å²) >= 11 is 3.30. The van der Waals surface area contributed by atoms with Crippen molar-refractivity contribution in [1.29, 1.82) is 0 Å². The van der Waals surface area contributed by atoms with E-state index >= 15 is 0 Å². The summed E-state index contributed by atoms with van der Waals surface area (Å²) in [5.74, 6) is -0.0338. The Hall–Kier alpha value is -1.40. The monoisotopic (exact) mass is 358 g/mol. The van der Waals surface area contributed by atoms with Gasteiger partial charge >= 0.3 is 0 Å². The van der Waals surface area contributed by atoms with Gasteiger partial charge in [0.1, 0.15) is 18.2 Å². The molecule has 0 amide bonds. The molecule has 0 N–H and O–H groups in total. The first-order valence-electron chi connectivity index (χ1n) is 5.84. The maximum absolute atomic E-state index is 12.8. The van der Waals surface area contributed by atoms with Gasteiger partial charge in [0.15, 0.2) is 9.84 Å². The van der Waals surface area contributed by atoms with Crippen molar-refractivity contribution in [3.8, 4) is 5.75 Å². The fraction of sp³-hybridized carbons (Fsp3) is 0.143. The highest BCUT2D eigenvalue weighted by Crippen LogP contribution is 2.18. The Kier molecular flexibility index (Phi) is 4.77. The first-order chi connectivity index (χ1) is 9.47. The fourth-order valence-electron chi connectivity index (χ4n) is 1.59. The van der Waals surface area contributed by atoms with E-state index in [-0.39, 0.29) is 17.3 Å². The first-order valence-corrected chi connectivity index (χ1v) is 8.28. The number of halogens is 2. The molecule has 0 aliphatic carbocycles. The summed E-state index contributed by atoms with van der Waals surface area (Å²) in [4.78, 5) is 0.0942. The van der Waals surface area contributed by atoms with Crippen LogP contribution in [0.25, 0.3) is 0 Å². The molecule has 0 fully saturated rings. The van der Waals surface area contributed by atoms with Gasteiger partial charge < -0.3 is 4.74 Å². The standard InChI is InChI=1S/C14H12BrFO3S/c15-11-2-1-3-13(10-11)19-8-9-20(17,18)14-6-4-12(16)5-7-14/h1-7,10H,8-9H2. The van der Waals surface area contributed by atoms with Crippen LogP contribution in [0.1, 0.15) is 0 Å². The van der Waals surface area contributed by atoms with Crippen LogP contribution in [-0.4, -0.2) is 20.8 Å². The van der Waals surface area contributed by atoms with Gasteiger partial charge in [0.25, 0.3) is 0 Å². The normalized spacial score (nSPS) is 11.3. The van der Waals surface area contributed by atoms with E-state index in [0.29, 0.717) is 5.75 Å². The summed E-state index contributed by atoms with van der Waals surface area (Å²) in [6.45, 7) is 0.0379. The zero-order valence-electron chi connectivity index (χ0n) is 10.4. The maximum Gasteiger partial charge on any atom is 0.181 e. The Morgan fingerprint density at radius 1 is 1.10 bits per heavy atom. The van der Waals surface area contributed by atoms with Crippen LogP contribution in [0.5, 0.6) is 5.75 Å². The van der Waals surface area contributed by atoms with Gasteiger partial charge in [-0.25, -0.2) is 12.8 Å². The van der Waals surface area contributed by atoms with E-state index < -0.39 is 15.7 Å². The molecule has 3 nitrogen and oxygen atoms in total. The molecule has 2 rings (SSSR count). The van der Waals surface area contributed by atoms with Crippen LogP contribution in [0.4, 0.5) is 4.39 Å². The third-order valence-electron chi connectivity index (χ3n) is 2.59. The number of hydrogen-bond acceptors (Lipinski definition) is 3. The first kappa shape index (κ1) is 15.0. The molecular weight excluding hydrogens is 347 g/mol.